The van der Waals surface area contributed by atoms with Gasteiger partial charge in [-0.25, -0.2) is 27.0 Å². The predicted molar refractivity (Wildman–Crippen MR) is 145 cm³/mol. The fraction of sp³-hybridized carbons (Fsp3) is 0.423. The Bertz CT molecular complexity index is 1540. The molecule has 0 bridgehead atoms. The van der Waals surface area contributed by atoms with Gasteiger partial charge in [0, 0.05) is 48.7 Å². The van der Waals surface area contributed by atoms with Gasteiger partial charge in [-0.05, 0) is 26.1 Å². The van der Waals surface area contributed by atoms with Gasteiger partial charge < -0.3 is 19.9 Å². The minimum Gasteiger partial charge on any atom is -0.460 e. The Morgan fingerprint density at radius 3 is 2.62 bits per heavy atom. The Balaban J connectivity index is 1.78. The van der Waals surface area contributed by atoms with E-state index in [9.17, 15) is 31.9 Å². The van der Waals surface area contributed by atoms with Gasteiger partial charge in [0.25, 0.3) is 6.33 Å². The number of aromatic nitrogens is 4. The number of esters is 1. The number of anilines is 1. The van der Waals surface area contributed by atoms with Gasteiger partial charge in [-0.2, -0.15) is 4.57 Å². The normalized spacial score (nSPS) is 14.5. The third-order valence-corrected chi connectivity index (χ3v) is 8.25. The number of aliphatic hydroxyl groups is 1. The number of rotatable bonds is 12. The van der Waals surface area contributed by atoms with Gasteiger partial charge in [-0.1, -0.05) is 12.1 Å². The Kier molecular flexibility index (Phi) is 10.3. The molecule has 3 aromatic rings. The van der Waals surface area contributed by atoms with Crippen molar-refractivity contribution >= 4 is 27.7 Å². The van der Waals surface area contributed by atoms with Crippen LogP contribution in [0.25, 0.3) is 0 Å². The minimum absolute atomic E-state index is 0.0132. The zero-order chi connectivity index (χ0) is 31.2. The molecule has 1 aromatic carbocycles. The van der Waals surface area contributed by atoms with Crippen LogP contribution in [0.3, 0.4) is 0 Å². The lowest BCUT2D eigenvalue weighted by atomic mass is 9.90. The number of pyridine rings is 1. The van der Waals surface area contributed by atoms with E-state index in [0.717, 1.165) is 28.0 Å². The Labute approximate surface area is 241 Å². The summed E-state index contributed by atoms with van der Waals surface area (Å²) < 4.78 is 66.2. The standard InChI is InChI=1S/C26H33F2N6O7S/c1-17(42(5,38)39)26(37,21-9-8-20(27)11-22(21)28)14-34-16-33(15-31-34)18(2)41-25(36)32(4)24-19(7-6-10-30-24)13-40-23(35)12-29-3/h6-11,15-18,29,37H,12-14H2,1-5H3/q+1. The molecule has 0 aliphatic carbocycles. The quantitative estimate of drug-likeness (QED) is 0.225. The highest BCUT2D eigenvalue weighted by atomic mass is 32.2. The molecule has 0 saturated carbocycles. The molecule has 0 saturated heterocycles. The van der Waals surface area contributed by atoms with Crippen molar-refractivity contribution in [1.29, 1.82) is 0 Å². The second-order valence-electron chi connectivity index (χ2n) is 9.63. The average molecular weight is 612 g/mol. The molecule has 2 aromatic heterocycles. The summed E-state index contributed by atoms with van der Waals surface area (Å²) in [6.07, 6.45) is 3.19. The van der Waals surface area contributed by atoms with Crippen LogP contribution in [0.5, 0.6) is 0 Å². The Hall–Kier alpha value is -4.02. The molecule has 0 aliphatic heterocycles. The van der Waals surface area contributed by atoms with E-state index in [4.69, 9.17) is 9.47 Å². The summed E-state index contributed by atoms with van der Waals surface area (Å²) >= 11 is 0. The lowest BCUT2D eigenvalue weighted by Crippen LogP contribution is -2.47. The number of halogens is 2. The van der Waals surface area contributed by atoms with Crippen LogP contribution in [0, 0.1) is 11.6 Å². The predicted octanol–water partition coefficient (Wildman–Crippen LogP) is 1.22. The first-order chi connectivity index (χ1) is 19.7. The molecular formula is C26H33F2N6O7S+. The van der Waals surface area contributed by atoms with E-state index in [0.29, 0.717) is 11.6 Å². The minimum atomic E-state index is -3.90. The SMILES string of the molecule is CNCC(=O)OCc1cccnc1N(C)C(=O)OC(C)[n+]1cnn(CC(O)(c2ccc(F)cc2F)C(C)S(C)(=O)=O)c1. The number of benzene rings is 1. The van der Waals surface area contributed by atoms with Crippen molar-refractivity contribution in [2.75, 3.05) is 31.8 Å². The number of nitrogens with one attached hydrogen (secondary N) is 1. The van der Waals surface area contributed by atoms with Crippen LogP contribution >= 0.6 is 0 Å². The van der Waals surface area contributed by atoms with Gasteiger partial charge in [0.15, 0.2) is 9.84 Å². The van der Waals surface area contributed by atoms with Crippen molar-refractivity contribution in [3.05, 3.63) is 71.9 Å². The summed E-state index contributed by atoms with van der Waals surface area (Å²) in [6, 6.07) is 5.72. The third kappa shape index (κ3) is 7.63. The fourth-order valence-corrected chi connectivity index (χ4v) is 4.96. The lowest BCUT2D eigenvalue weighted by molar-refractivity contribution is -0.753. The van der Waals surface area contributed by atoms with Crippen molar-refractivity contribution < 1.29 is 45.9 Å². The number of sulfone groups is 1. The number of amides is 1. The highest BCUT2D eigenvalue weighted by molar-refractivity contribution is 7.91. The van der Waals surface area contributed by atoms with Gasteiger partial charge >= 0.3 is 12.1 Å². The smallest absolute Gasteiger partial charge is 0.418 e. The first kappa shape index (κ1) is 32.5. The molecule has 2 N–H and O–H groups in total. The van der Waals surface area contributed by atoms with E-state index < -0.39 is 62.7 Å². The average Bonchev–Trinajstić information content (AvgIpc) is 3.39. The molecule has 3 rings (SSSR count). The first-order valence-corrected chi connectivity index (χ1v) is 14.6. The van der Waals surface area contributed by atoms with Crippen LogP contribution in [0.4, 0.5) is 19.4 Å². The molecule has 1 amide bonds. The second-order valence-corrected chi connectivity index (χ2v) is 12.0. The maximum absolute atomic E-state index is 14.7. The lowest BCUT2D eigenvalue weighted by Gasteiger charge is -2.31. The maximum Gasteiger partial charge on any atom is 0.418 e. The van der Waals surface area contributed by atoms with Gasteiger partial charge in [0.1, 0.15) is 36.2 Å². The summed E-state index contributed by atoms with van der Waals surface area (Å²) in [5.74, 6) is -2.30. The number of carbonyl (C=O) groups is 2. The molecule has 0 spiro atoms. The molecule has 0 aliphatic rings. The molecule has 3 unspecified atom stereocenters. The fourth-order valence-electron chi connectivity index (χ4n) is 4.05. The molecule has 13 nitrogen and oxygen atoms in total. The number of carbonyl (C=O) groups excluding carboxylic acids is 2. The van der Waals surface area contributed by atoms with Crippen LogP contribution < -0.4 is 14.8 Å². The van der Waals surface area contributed by atoms with Crippen molar-refractivity contribution in [3.63, 3.8) is 0 Å². The van der Waals surface area contributed by atoms with Crippen molar-refractivity contribution in [2.45, 2.75) is 44.1 Å². The van der Waals surface area contributed by atoms with Gasteiger partial charge in [-0.3, -0.25) is 9.69 Å². The van der Waals surface area contributed by atoms with E-state index in [2.05, 4.69) is 15.4 Å². The molecule has 2 heterocycles. The molecule has 3 atom stereocenters. The number of ether oxygens (including phenoxy) is 2. The molecule has 16 heteroatoms. The molecule has 42 heavy (non-hydrogen) atoms. The number of hydrogen-bond acceptors (Lipinski definition) is 10. The topological polar surface area (TPSA) is 157 Å². The summed E-state index contributed by atoms with van der Waals surface area (Å²) in [4.78, 5) is 30.0. The molecule has 228 valence electrons. The molecule has 0 fully saturated rings. The first-order valence-electron chi connectivity index (χ1n) is 12.7. The number of hydrogen-bond donors (Lipinski definition) is 2. The van der Waals surface area contributed by atoms with Crippen molar-refractivity contribution in [2.24, 2.45) is 0 Å². The largest absolute Gasteiger partial charge is 0.460 e. The highest BCUT2D eigenvalue weighted by Gasteiger charge is 2.46. The Morgan fingerprint density at radius 2 is 1.98 bits per heavy atom. The van der Waals surface area contributed by atoms with Crippen LogP contribution in [-0.2, 0) is 42.9 Å². The van der Waals surface area contributed by atoms with Crippen LogP contribution in [-0.4, -0.2) is 72.5 Å². The highest BCUT2D eigenvalue weighted by Crippen LogP contribution is 2.33. The van der Waals surface area contributed by atoms with Crippen LogP contribution in [0.15, 0.2) is 49.2 Å². The van der Waals surface area contributed by atoms with E-state index in [1.54, 1.807) is 19.2 Å². The van der Waals surface area contributed by atoms with Gasteiger partial charge in [-0.15, -0.1) is 4.68 Å². The molecular weight excluding hydrogens is 578 g/mol. The number of nitrogens with zero attached hydrogens (tertiary/aromatic N) is 5. The zero-order valence-corrected chi connectivity index (χ0v) is 24.5. The molecule has 0 radical (unpaired) electrons. The van der Waals surface area contributed by atoms with E-state index >= 15 is 0 Å². The second kappa shape index (κ2) is 13.3. The summed E-state index contributed by atoms with van der Waals surface area (Å²) in [5, 5.41) is 16.8. The van der Waals surface area contributed by atoms with E-state index in [-0.39, 0.29) is 19.0 Å². The number of likely N-dealkylation sites (N-methyl/N-ethyl adjacent to an activating group) is 1. The van der Waals surface area contributed by atoms with Gasteiger partial charge in [0.05, 0.1) is 11.8 Å². The monoisotopic (exact) mass is 611 g/mol. The van der Waals surface area contributed by atoms with Crippen molar-refractivity contribution in [1.82, 2.24) is 20.1 Å². The van der Waals surface area contributed by atoms with Crippen LogP contribution in [0.2, 0.25) is 0 Å². The zero-order valence-electron chi connectivity index (χ0n) is 23.7. The maximum atomic E-state index is 14.7. The Morgan fingerprint density at radius 1 is 1.26 bits per heavy atom. The summed E-state index contributed by atoms with van der Waals surface area (Å²) in [5.41, 5.74) is -2.30. The van der Waals surface area contributed by atoms with Crippen molar-refractivity contribution in [3.8, 4) is 0 Å². The summed E-state index contributed by atoms with van der Waals surface area (Å²) in [6.45, 7) is 2.10. The summed E-state index contributed by atoms with van der Waals surface area (Å²) in [7, 11) is -0.875. The van der Waals surface area contributed by atoms with Gasteiger partial charge in [0.2, 0.25) is 12.6 Å². The van der Waals surface area contributed by atoms with E-state index in [1.165, 1.54) is 44.3 Å². The third-order valence-electron chi connectivity index (χ3n) is 6.58. The van der Waals surface area contributed by atoms with E-state index in [1.807, 2.05) is 0 Å². The van der Waals surface area contributed by atoms with Crippen LogP contribution in [0.1, 0.15) is 31.2 Å².